The predicted octanol–water partition coefficient (Wildman–Crippen LogP) is 11.1. The van der Waals surface area contributed by atoms with Crippen molar-refractivity contribution < 1.29 is 17.7 Å². The minimum atomic E-state index is -3.84. The highest BCUT2D eigenvalue weighted by atomic mass is 79.9. The van der Waals surface area contributed by atoms with Gasteiger partial charge in [0.1, 0.15) is 5.60 Å². The van der Waals surface area contributed by atoms with Crippen molar-refractivity contribution in [1.82, 2.24) is 0 Å². The first-order chi connectivity index (χ1) is 18.3. The van der Waals surface area contributed by atoms with Crippen molar-refractivity contribution in [1.29, 1.82) is 0 Å². The number of rotatable bonds is 22. The van der Waals surface area contributed by atoms with Crippen LogP contribution in [-0.2, 0) is 19.9 Å². The first-order valence-corrected chi connectivity index (χ1v) is 18.7. The van der Waals surface area contributed by atoms with E-state index in [4.69, 9.17) is 39.0 Å². The molecule has 1 aromatic carbocycles. The quantitative estimate of drug-likeness (QED) is 0.0727. The van der Waals surface area contributed by atoms with E-state index < -0.39 is 26.1 Å². The summed E-state index contributed by atoms with van der Waals surface area (Å²) >= 11 is 24.8. The Kier molecular flexibility index (Phi) is 19.4. The Balaban J connectivity index is 2.31. The molecule has 0 bridgehead atoms. The van der Waals surface area contributed by atoms with Crippen LogP contribution in [0.1, 0.15) is 127 Å². The standard InChI is InChI=1S/C29H47Br2Cl3O4S/c1-3-4-5-6-7-8-9-10-11-12-13-14-15-16-17-18-19-39(36,37)38-23-28(35,22-29(32,33)34)25-20-26(30)24(2)27(31)21-25/h20-21,35H,3-19,22-23H2,1-2H3. The van der Waals surface area contributed by atoms with Crippen molar-refractivity contribution in [3.8, 4) is 0 Å². The molecule has 0 saturated carbocycles. The molecule has 0 aliphatic rings. The average molecular weight is 758 g/mol. The summed E-state index contributed by atoms with van der Waals surface area (Å²) in [6.45, 7) is 3.61. The summed E-state index contributed by atoms with van der Waals surface area (Å²) in [5.41, 5.74) is -0.506. The third-order valence-electron chi connectivity index (χ3n) is 7.04. The molecule has 0 fully saturated rings. The lowest BCUT2D eigenvalue weighted by Gasteiger charge is -2.31. The molecule has 1 N–H and O–H groups in total. The Morgan fingerprint density at radius 3 is 1.54 bits per heavy atom. The minimum absolute atomic E-state index is 0.101. The fraction of sp³-hybridized carbons (Fsp3) is 0.793. The van der Waals surface area contributed by atoms with Gasteiger partial charge in [-0.3, -0.25) is 4.18 Å². The normalized spacial score (nSPS) is 14.1. The predicted molar refractivity (Wildman–Crippen MR) is 175 cm³/mol. The van der Waals surface area contributed by atoms with Crippen LogP contribution < -0.4 is 0 Å². The molecule has 228 valence electrons. The molecule has 10 heteroatoms. The summed E-state index contributed by atoms with van der Waals surface area (Å²) in [5, 5.41) is 11.3. The summed E-state index contributed by atoms with van der Waals surface area (Å²) < 4.78 is 30.0. The van der Waals surface area contributed by atoms with Crippen LogP contribution in [0.5, 0.6) is 0 Å². The zero-order valence-corrected chi connectivity index (χ0v) is 29.8. The highest BCUT2D eigenvalue weighted by Crippen LogP contribution is 2.42. The van der Waals surface area contributed by atoms with E-state index in [0.29, 0.717) is 12.0 Å². The number of hydrogen-bond acceptors (Lipinski definition) is 4. The number of alkyl halides is 3. The SMILES string of the molecule is CCCCCCCCCCCCCCCCCCS(=O)(=O)OCC(O)(CC(Cl)(Cl)Cl)c1cc(Br)c(C)c(Br)c1. The lowest BCUT2D eigenvalue weighted by Crippen LogP contribution is -2.37. The maximum Gasteiger partial charge on any atom is 0.267 e. The van der Waals surface area contributed by atoms with Crippen LogP contribution in [0.2, 0.25) is 0 Å². The van der Waals surface area contributed by atoms with Crippen molar-refractivity contribution in [3.05, 3.63) is 32.2 Å². The molecule has 1 atom stereocenters. The van der Waals surface area contributed by atoms with Gasteiger partial charge >= 0.3 is 0 Å². The second-order valence-electron chi connectivity index (χ2n) is 10.7. The Labute approximate surface area is 269 Å². The maximum atomic E-state index is 12.6. The number of aliphatic hydroxyl groups is 1. The van der Waals surface area contributed by atoms with Gasteiger partial charge in [-0.2, -0.15) is 8.42 Å². The number of halogens is 5. The van der Waals surface area contributed by atoms with Gasteiger partial charge in [0.05, 0.1) is 12.4 Å². The number of unbranched alkanes of at least 4 members (excludes halogenated alkanes) is 15. The molecule has 1 unspecified atom stereocenters. The van der Waals surface area contributed by atoms with Crippen molar-refractivity contribution in [2.24, 2.45) is 0 Å². The largest absolute Gasteiger partial charge is 0.383 e. The molecule has 0 aromatic heterocycles. The van der Waals surface area contributed by atoms with E-state index in [1.165, 1.54) is 77.0 Å². The zero-order valence-electron chi connectivity index (χ0n) is 23.6. The molecule has 0 aliphatic carbocycles. The van der Waals surface area contributed by atoms with Crippen LogP contribution in [0.25, 0.3) is 0 Å². The summed E-state index contributed by atoms with van der Waals surface area (Å²) in [4.78, 5) is 0. The van der Waals surface area contributed by atoms with Gasteiger partial charge in [-0.25, -0.2) is 0 Å². The van der Waals surface area contributed by atoms with Crippen LogP contribution in [0, 0.1) is 6.92 Å². The van der Waals surface area contributed by atoms with Gasteiger partial charge in [-0.1, -0.05) is 170 Å². The Morgan fingerprint density at radius 2 is 1.15 bits per heavy atom. The first kappa shape index (κ1) is 37.9. The number of hydrogen-bond donors (Lipinski definition) is 1. The van der Waals surface area contributed by atoms with Crippen molar-refractivity contribution >= 4 is 76.8 Å². The lowest BCUT2D eigenvalue weighted by molar-refractivity contribution is -0.0142. The second-order valence-corrected chi connectivity index (χ2v) is 16.7. The van der Waals surface area contributed by atoms with Crippen LogP contribution in [-0.4, -0.2) is 29.7 Å². The molecule has 1 aromatic rings. The van der Waals surface area contributed by atoms with Gasteiger partial charge in [0.25, 0.3) is 10.1 Å². The van der Waals surface area contributed by atoms with Gasteiger partial charge in [-0.15, -0.1) is 0 Å². The van der Waals surface area contributed by atoms with Crippen molar-refractivity contribution in [2.75, 3.05) is 12.4 Å². The highest BCUT2D eigenvalue weighted by Gasteiger charge is 2.40. The van der Waals surface area contributed by atoms with E-state index in [-0.39, 0.29) is 12.2 Å². The Hall–Kier alpha value is 0.920. The topological polar surface area (TPSA) is 63.6 Å². The lowest BCUT2D eigenvalue weighted by atomic mass is 9.91. The van der Waals surface area contributed by atoms with E-state index in [1.807, 2.05) is 6.92 Å². The average Bonchev–Trinajstić information content (AvgIpc) is 2.84. The summed E-state index contributed by atoms with van der Waals surface area (Å²) in [7, 11) is -3.84. The van der Waals surface area contributed by atoms with E-state index in [1.54, 1.807) is 12.1 Å². The molecule has 0 saturated heterocycles. The monoisotopic (exact) mass is 754 g/mol. The molecule has 0 spiro atoms. The van der Waals surface area contributed by atoms with E-state index in [0.717, 1.165) is 33.8 Å². The molecule has 0 aliphatic heterocycles. The van der Waals surface area contributed by atoms with Crippen LogP contribution in [0.3, 0.4) is 0 Å². The van der Waals surface area contributed by atoms with Gasteiger partial charge in [0, 0.05) is 15.4 Å². The fourth-order valence-electron chi connectivity index (χ4n) is 4.56. The second kappa shape index (κ2) is 20.0. The Bertz CT molecular complexity index is 903. The van der Waals surface area contributed by atoms with Crippen LogP contribution in [0.4, 0.5) is 0 Å². The van der Waals surface area contributed by atoms with Crippen LogP contribution >= 0.6 is 66.7 Å². The zero-order chi connectivity index (χ0) is 29.4. The third kappa shape index (κ3) is 17.6. The van der Waals surface area contributed by atoms with Crippen molar-refractivity contribution in [3.63, 3.8) is 0 Å². The van der Waals surface area contributed by atoms with Crippen molar-refractivity contribution in [2.45, 2.75) is 132 Å². The van der Waals surface area contributed by atoms with E-state index in [9.17, 15) is 13.5 Å². The summed E-state index contributed by atoms with van der Waals surface area (Å²) in [5.74, 6) is -0.101. The van der Waals surface area contributed by atoms with Gasteiger partial charge in [-0.05, 0) is 36.6 Å². The first-order valence-electron chi connectivity index (χ1n) is 14.4. The third-order valence-corrected chi connectivity index (χ3v) is 10.4. The number of benzene rings is 1. The minimum Gasteiger partial charge on any atom is -0.383 e. The van der Waals surface area contributed by atoms with E-state index in [2.05, 4.69) is 38.8 Å². The molecule has 0 radical (unpaired) electrons. The van der Waals surface area contributed by atoms with Crippen LogP contribution in [0.15, 0.2) is 21.1 Å². The fourth-order valence-corrected chi connectivity index (χ4v) is 7.45. The molecule has 4 nitrogen and oxygen atoms in total. The molecule has 0 amide bonds. The molecule has 0 heterocycles. The Morgan fingerprint density at radius 1 is 0.769 bits per heavy atom. The summed E-state index contributed by atoms with van der Waals surface area (Å²) in [6, 6.07) is 3.37. The molecular formula is C29H47Br2Cl3O4S. The van der Waals surface area contributed by atoms with Gasteiger partial charge in [0.2, 0.25) is 0 Å². The van der Waals surface area contributed by atoms with Gasteiger partial charge < -0.3 is 5.11 Å². The smallest absolute Gasteiger partial charge is 0.267 e. The van der Waals surface area contributed by atoms with Gasteiger partial charge in [0.15, 0.2) is 3.79 Å². The molecular weight excluding hydrogens is 711 g/mol. The highest BCUT2D eigenvalue weighted by molar-refractivity contribution is 9.11. The molecule has 1 rings (SSSR count). The summed E-state index contributed by atoms with van der Waals surface area (Å²) in [6.07, 6.45) is 19.2. The maximum absolute atomic E-state index is 12.6. The molecule has 39 heavy (non-hydrogen) atoms. The van der Waals surface area contributed by atoms with E-state index >= 15 is 0 Å².